The fourth-order valence-electron chi connectivity index (χ4n) is 6.02. The molecule has 0 aromatic heterocycles. The van der Waals surface area contributed by atoms with Gasteiger partial charge < -0.3 is 15.5 Å². The SMILES string of the molecule is CN(C)c1ccc(NC(=S)NC(=O)CC23CC4CC(CC(C4)C2)C3)cc1. The fraction of sp³-hybridized carbons (Fsp3) is 0.619. The van der Waals surface area contributed by atoms with Crippen molar-refractivity contribution < 1.29 is 4.79 Å². The van der Waals surface area contributed by atoms with Crippen LogP contribution in [0, 0.1) is 23.2 Å². The van der Waals surface area contributed by atoms with Gasteiger partial charge in [0.2, 0.25) is 5.91 Å². The van der Waals surface area contributed by atoms with Gasteiger partial charge in [0.15, 0.2) is 5.11 Å². The summed E-state index contributed by atoms with van der Waals surface area (Å²) in [6, 6.07) is 8.02. The van der Waals surface area contributed by atoms with Crippen molar-refractivity contribution in [2.45, 2.75) is 44.9 Å². The summed E-state index contributed by atoms with van der Waals surface area (Å²) in [6.07, 6.45) is 8.60. The third-order valence-electron chi connectivity index (χ3n) is 6.60. The van der Waals surface area contributed by atoms with Crippen molar-refractivity contribution in [1.82, 2.24) is 5.32 Å². The van der Waals surface area contributed by atoms with Gasteiger partial charge in [-0.05, 0) is 98.2 Å². The molecular formula is C21H29N3OS. The lowest BCUT2D eigenvalue weighted by atomic mass is 9.49. The normalized spacial score (nSPS) is 31.5. The van der Waals surface area contributed by atoms with E-state index in [9.17, 15) is 4.79 Å². The number of carbonyl (C=O) groups is 1. The number of rotatable bonds is 4. The summed E-state index contributed by atoms with van der Waals surface area (Å²) in [4.78, 5) is 14.7. The van der Waals surface area contributed by atoms with Crippen LogP contribution in [0.4, 0.5) is 11.4 Å². The smallest absolute Gasteiger partial charge is 0.226 e. The Morgan fingerprint density at radius 1 is 1.08 bits per heavy atom. The van der Waals surface area contributed by atoms with Crippen molar-refractivity contribution in [3.63, 3.8) is 0 Å². The molecule has 4 nitrogen and oxygen atoms in total. The van der Waals surface area contributed by atoms with Crippen LogP contribution in [0.15, 0.2) is 24.3 Å². The lowest BCUT2D eigenvalue weighted by molar-refractivity contribution is -0.127. The lowest BCUT2D eigenvalue weighted by Gasteiger charge is -2.56. The highest BCUT2D eigenvalue weighted by Crippen LogP contribution is 2.61. The Morgan fingerprint density at radius 2 is 1.62 bits per heavy atom. The van der Waals surface area contributed by atoms with Gasteiger partial charge in [-0.3, -0.25) is 4.79 Å². The average Bonchev–Trinajstić information content (AvgIpc) is 2.53. The summed E-state index contributed by atoms with van der Waals surface area (Å²) in [5.74, 6) is 2.69. The molecule has 1 aromatic rings. The van der Waals surface area contributed by atoms with Crippen molar-refractivity contribution in [2.75, 3.05) is 24.3 Å². The molecule has 0 spiro atoms. The van der Waals surface area contributed by atoms with Crippen molar-refractivity contribution >= 4 is 34.6 Å². The molecule has 1 aromatic carbocycles. The summed E-state index contributed by atoms with van der Waals surface area (Å²) >= 11 is 5.35. The Morgan fingerprint density at radius 3 is 2.12 bits per heavy atom. The number of nitrogens with one attached hydrogen (secondary N) is 2. The fourth-order valence-corrected chi connectivity index (χ4v) is 6.25. The second-order valence-electron chi connectivity index (χ2n) is 9.04. The first-order chi connectivity index (χ1) is 12.4. The van der Waals surface area contributed by atoms with Gasteiger partial charge in [-0.1, -0.05) is 0 Å². The Bertz CT molecular complexity index is 662. The molecule has 0 unspecified atom stereocenters. The molecule has 2 N–H and O–H groups in total. The Labute approximate surface area is 161 Å². The van der Waals surface area contributed by atoms with Gasteiger partial charge in [-0.15, -0.1) is 0 Å². The zero-order chi connectivity index (χ0) is 18.3. The molecular weight excluding hydrogens is 342 g/mol. The molecule has 0 aliphatic heterocycles. The second-order valence-corrected chi connectivity index (χ2v) is 9.45. The number of amides is 1. The van der Waals surface area contributed by atoms with E-state index in [1.54, 1.807) is 0 Å². The monoisotopic (exact) mass is 371 g/mol. The summed E-state index contributed by atoms with van der Waals surface area (Å²) < 4.78 is 0. The Hall–Kier alpha value is -1.62. The van der Waals surface area contributed by atoms with Crippen molar-refractivity contribution in [3.8, 4) is 0 Å². The van der Waals surface area contributed by atoms with E-state index in [1.807, 2.05) is 38.4 Å². The van der Waals surface area contributed by atoms with Crippen LogP contribution in [0.2, 0.25) is 0 Å². The highest BCUT2D eigenvalue weighted by atomic mass is 32.1. The quantitative estimate of drug-likeness (QED) is 0.780. The standard InChI is InChI=1S/C21H29N3OS/c1-24(2)18-5-3-17(4-6-18)22-20(26)23-19(25)13-21-10-14-7-15(11-21)9-16(8-14)12-21/h3-6,14-16H,7-13H2,1-2H3,(H2,22,23,25,26). The first-order valence-electron chi connectivity index (χ1n) is 9.79. The average molecular weight is 372 g/mol. The molecule has 0 saturated heterocycles. The number of carbonyl (C=O) groups excluding carboxylic acids is 1. The maximum atomic E-state index is 12.6. The number of anilines is 2. The number of nitrogens with zero attached hydrogens (tertiary/aromatic N) is 1. The third-order valence-corrected chi connectivity index (χ3v) is 6.80. The van der Waals surface area contributed by atoms with Crippen LogP contribution in [0.25, 0.3) is 0 Å². The minimum Gasteiger partial charge on any atom is -0.378 e. The molecule has 4 bridgehead atoms. The van der Waals surface area contributed by atoms with E-state index in [1.165, 1.54) is 38.5 Å². The van der Waals surface area contributed by atoms with Crippen molar-refractivity contribution in [1.29, 1.82) is 0 Å². The zero-order valence-electron chi connectivity index (χ0n) is 15.8. The van der Waals surface area contributed by atoms with Crippen LogP contribution in [0.3, 0.4) is 0 Å². The van der Waals surface area contributed by atoms with E-state index < -0.39 is 0 Å². The molecule has 0 radical (unpaired) electrons. The third kappa shape index (κ3) is 3.73. The first kappa shape index (κ1) is 17.8. The summed E-state index contributed by atoms with van der Waals surface area (Å²) in [6.45, 7) is 0. The molecule has 26 heavy (non-hydrogen) atoms. The minimum absolute atomic E-state index is 0.0781. The van der Waals surface area contributed by atoms with E-state index in [4.69, 9.17) is 12.2 Å². The van der Waals surface area contributed by atoms with Crippen molar-refractivity contribution in [2.24, 2.45) is 23.2 Å². The maximum Gasteiger partial charge on any atom is 0.226 e. The number of hydrogen-bond acceptors (Lipinski definition) is 3. The molecule has 0 atom stereocenters. The predicted octanol–water partition coefficient (Wildman–Crippen LogP) is 4.17. The maximum absolute atomic E-state index is 12.6. The van der Waals surface area contributed by atoms with Gasteiger partial charge in [0, 0.05) is 31.9 Å². The summed E-state index contributed by atoms with van der Waals surface area (Å²) in [7, 11) is 4.02. The van der Waals surface area contributed by atoms with Crippen LogP contribution in [-0.4, -0.2) is 25.1 Å². The molecule has 140 valence electrons. The van der Waals surface area contributed by atoms with E-state index in [2.05, 4.69) is 15.5 Å². The van der Waals surface area contributed by atoms with Crippen LogP contribution < -0.4 is 15.5 Å². The summed E-state index contributed by atoms with van der Waals surface area (Å²) in [5.41, 5.74) is 2.28. The van der Waals surface area contributed by atoms with E-state index in [0.29, 0.717) is 11.5 Å². The van der Waals surface area contributed by atoms with E-state index in [-0.39, 0.29) is 11.3 Å². The number of benzene rings is 1. The molecule has 4 saturated carbocycles. The van der Waals surface area contributed by atoms with Crippen LogP contribution in [-0.2, 0) is 4.79 Å². The Kier molecular flexibility index (Phi) is 4.68. The number of thiocarbonyl (C=S) groups is 1. The highest BCUT2D eigenvalue weighted by Gasteiger charge is 2.51. The molecule has 5 rings (SSSR count). The van der Waals surface area contributed by atoms with E-state index in [0.717, 1.165) is 29.1 Å². The minimum atomic E-state index is 0.0781. The van der Waals surface area contributed by atoms with Gasteiger partial charge in [0.05, 0.1) is 0 Å². The topological polar surface area (TPSA) is 44.4 Å². The van der Waals surface area contributed by atoms with Gasteiger partial charge in [-0.25, -0.2) is 0 Å². The van der Waals surface area contributed by atoms with Gasteiger partial charge in [-0.2, -0.15) is 0 Å². The van der Waals surface area contributed by atoms with Crippen molar-refractivity contribution in [3.05, 3.63) is 24.3 Å². The molecule has 4 aliphatic carbocycles. The van der Waals surface area contributed by atoms with Gasteiger partial charge in [0.25, 0.3) is 0 Å². The zero-order valence-corrected chi connectivity index (χ0v) is 16.6. The Balaban J connectivity index is 1.31. The molecule has 4 aliphatic rings. The summed E-state index contributed by atoms with van der Waals surface area (Å²) in [5, 5.41) is 6.44. The molecule has 1 amide bonds. The number of hydrogen-bond donors (Lipinski definition) is 2. The van der Waals surface area contributed by atoms with Crippen LogP contribution in [0.5, 0.6) is 0 Å². The predicted molar refractivity (Wildman–Crippen MR) is 110 cm³/mol. The second kappa shape index (κ2) is 6.84. The lowest BCUT2D eigenvalue weighted by Crippen LogP contribution is -2.48. The molecule has 4 fully saturated rings. The molecule has 0 heterocycles. The van der Waals surface area contributed by atoms with Gasteiger partial charge in [0.1, 0.15) is 0 Å². The van der Waals surface area contributed by atoms with Crippen LogP contribution >= 0.6 is 12.2 Å². The largest absolute Gasteiger partial charge is 0.378 e. The van der Waals surface area contributed by atoms with Crippen LogP contribution in [0.1, 0.15) is 44.9 Å². The van der Waals surface area contributed by atoms with Gasteiger partial charge >= 0.3 is 0 Å². The molecule has 5 heteroatoms. The van der Waals surface area contributed by atoms with E-state index >= 15 is 0 Å². The first-order valence-corrected chi connectivity index (χ1v) is 10.2. The highest BCUT2D eigenvalue weighted by molar-refractivity contribution is 7.80.